The molecule has 0 saturated heterocycles. The molecule has 0 bridgehead atoms. The van der Waals surface area contributed by atoms with Gasteiger partial charge in [0.25, 0.3) is 5.56 Å². The van der Waals surface area contributed by atoms with Crippen molar-refractivity contribution in [2.24, 2.45) is 0 Å². The summed E-state index contributed by atoms with van der Waals surface area (Å²) in [5.41, 5.74) is 3.33. The Bertz CT molecular complexity index is 1000. The number of carbonyl (C=O) groups is 2. The fourth-order valence-corrected chi connectivity index (χ4v) is 3.16. The number of allylic oxidation sites excluding steroid dienone is 1. The summed E-state index contributed by atoms with van der Waals surface area (Å²) in [6, 6.07) is 4.23. The Labute approximate surface area is 150 Å². The summed E-state index contributed by atoms with van der Waals surface area (Å²) in [7, 11) is 0. The first-order valence-electron chi connectivity index (χ1n) is 8.42. The van der Waals surface area contributed by atoms with Crippen LogP contribution < -0.4 is 16.2 Å². The molecule has 7 nitrogen and oxygen atoms in total. The fraction of sp³-hybridized carbons (Fsp3) is 0.316. The molecule has 0 radical (unpaired) electrons. The molecule has 2 aromatic rings. The van der Waals surface area contributed by atoms with E-state index in [0.29, 0.717) is 5.70 Å². The minimum Gasteiger partial charge on any atom is -0.463 e. The van der Waals surface area contributed by atoms with E-state index in [-0.39, 0.29) is 23.3 Å². The highest BCUT2D eigenvalue weighted by atomic mass is 16.5. The molecule has 1 aromatic heterocycles. The van der Waals surface area contributed by atoms with E-state index in [2.05, 4.69) is 15.6 Å². The lowest BCUT2D eigenvalue weighted by Crippen LogP contribution is -2.46. The summed E-state index contributed by atoms with van der Waals surface area (Å²) >= 11 is 0. The zero-order valence-corrected chi connectivity index (χ0v) is 15.1. The van der Waals surface area contributed by atoms with E-state index in [0.717, 1.165) is 22.0 Å². The summed E-state index contributed by atoms with van der Waals surface area (Å²) in [5.74, 6) is -0.568. The molecule has 2 heterocycles. The zero-order valence-electron chi connectivity index (χ0n) is 15.1. The second-order valence-electron chi connectivity index (χ2n) is 6.32. The van der Waals surface area contributed by atoms with Crippen molar-refractivity contribution in [3.63, 3.8) is 0 Å². The van der Waals surface area contributed by atoms with Crippen LogP contribution in [0.2, 0.25) is 0 Å². The van der Waals surface area contributed by atoms with Crippen molar-refractivity contribution in [2.75, 3.05) is 6.61 Å². The Morgan fingerprint density at radius 3 is 2.62 bits per heavy atom. The monoisotopic (exact) mass is 355 g/mol. The number of H-pyrrole nitrogens is 1. The van der Waals surface area contributed by atoms with Crippen LogP contribution in [0.5, 0.6) is 0 Å². The molecule has 1 aliphatic rings. The summed E-state index contributed by atoms with van der Waals surface area (Å²) in [6.45, 7) is 7.42. The van der Waals surface area contributed by atoms with E-state index >= 15 is 0 Å². The Kier molecular flexibility index (Phi) is 4.54. The topological polar surface area (TPSA) is 100 Å². The first kappa shape index (κ1) is 17.7. The van der Waals surface area contributed by atoms with Crippen LogP contribution in [0.25, 0.3) is 10.9 Å². The average molecular weight is 355 g/mol. The molecular weight excluding hydrogens is 334 g/mol. The number of aromatic nitrogens is 1. The number of amides is 2. The molecule has 0 aliphatic carbocycles. The molecule has 0 unspecified atom stereocenters. The number of aromatic amines is 1. The number of fused-ring (bicyclic) bond motifs is 1. The number of aryl methyl sites for hydroxylation is 2. The second kappa shape index (κ2) is 6.67. The van der Waals surface area contributed by atoms with Crippen molar-refractivity contribution in [1.82, 2.24) is 15.6 Å². The van der Waals surface area contributed by atoms with Gasteiger partial charge in [0.2, 0.25) is 0 Å². The number of pyridine rings is 1. The maximum Gasteiger partial charge on any atom is 0.338 e. The smallest absolute Gasteiger partial charge is 0.338 e. The van der Waals surface area contributed by atoms with Crippen molar-refractivity contribution in [3.05, 3.63) is 56.5 Å². The Morgan fingerprint density at radius 1 is 1.19 bits per heavy atom. The highest BCUT2D eigenvalue weighted by Crippen LogP contribution is 2.28. The number of urea groups is 1. The van der Waals surface area contributed by atoms with Crippen molar-refractivity contribution in [1.29, 1.82) is 0 Å². The van der Waals surface area contributed by atoms with Gasteiger partial charge in [0, 0.05) is 11.3 Å². The highest BCUT2D eigenvalue weighted by molar-refractivity contribution is 5.95. The average Bonchev–Trinajstić information content (AvgIpc) is 2.57. The molecule has 136 valence electrons. The van der Waals surface area contributed by atoms with E-state index in [1.54, 1.807) is 19.9 Å². The van der Waals surface area contributed by atoms with Gasteiger partial charge in [-0.2, -0.15) is 0 Å². The number of nitrogens with one attached hydrogen (secondary N) is 3. The third kappa shape index (κ3) is 2.96. The van der Waals surface area contributed by atoms with Gasteiger partial charge in [0.05, 0.1) is 23.7 Å². The van der Waals surface area contributed by atoms with Gasteiger partial charge in [0.15, 0.2) is 0 Å². The minimum atomic E-state index is -0.877. The van der Waals surface area contributed by atoms with E-state index in [1.165, 1.54) is 0 Å². The normalized spacial score (nSPS) is 17.1. The van der Waals surface area contributed by atoms with Gasteiger partial charge in [-0.25, -0.2) is 9.59 Å². The van der Waals surface area contributed by atoms with E-state index < -0.39 is 18.0 Å². The predicted octanol–water partition coefficient (Wildman–Crippen LogP) is 2.34. The minimum absolute atomic E-state index is 0.197. The van der Waals surface area contributed by atoms with Gasteiger partial charge in [-0.15, -0.1) is 0 Å². The molecule has 0 fully saturated rings. The standard InChI is InChI=1S/C19H21N3O4/c1-5-26-18(24)14-11(4)20-19(25)22-16(14)13-8-12-7-6-9(2)10(3)15(12)21-17(13)23/h6-8,16H,5H2,1-4H3,(H,21,23)(H2,20,22,25)/t16-/m0/s1. The van der Waals surface area contributed by atoms with Crippen molar-refractivity contribution < 1.29 is 14.3 Å². The lowest BCUT2D eigenvalue weighted by Gasteiger charge is -2.27. The number of esters is 1. The lowest BCUT2D eigenvalue weighted by molar-refractivity contribution is -0.139. The summed E-state index contributed by atoms with van der Waals surface area (Å²) in [6.07, 6.45) is 0. The SMILES string of the molecule is CCOC(=O)C1=C(C)NC(=O)N[C@H]1c1cc2ccc(C)c(C)c2[nH]c1=O. The molecule has 1 atom stereocenters. The molecule has 1 aromatic carbocycles. The van der Waals surface area contributed by atoms with E-state index in [1.807, 2.05) is 26.0 Å². The summed E-state index contributed by atoms with van der Waals surface area (Å²) in [5, 5.41) is 6.04. The first-order valence-corrected chi connectivity index (χ1v) is 8.42. The Morgan fingerprint density at radius 2 is 1.92 bits per heavy atom. The summed E-state index contributed by atoms with van der Waals surface area (Å²) < 4.78 is 5.10. The maximum atomic E-state index is 12.7. The van der Waals surface area contributed by atoms with Crippen LogP contribution in [0.1, 0.15) is 36.6 Å². The fourth-order valence-electron chi connectivity index (χ4n) is 3.16. The molecule has 0 saturated carbocycles. The zero-order chi connectivity index (χ0) is 19.0. The largest absolute Gasteiger partial charge is 0.463 e. The van der Waals surface area contributed by atoms with Crippen LogP contribution in [-0.4, -0.2) is 23.6 Å². The van der Waals surface area contributed by atoms with Crippen molar-refractivity contribution >= 4 is 22.9 Å². The van der Waals surface area contributed by atoms with Gasteiger partial charge < -0.3 is 20.4 Å². The number of hydrogen-bond acceptors (Lipinski definition) is 4. The molecule has 0 spiro atoms. The van der Waals surface area contributed by atoms with Gasteiger partial charge in [-0.1, -0.05) is 12.1 Å². The summed E-state index contributed by atoms with van der Waals surface area (Å²) in [4.78, 5) is 39.9. The van der Waals surface area contributed by atoms with Crippen LogP contribution in [-0.2, 0) is 9.53 Å². The molecule has 7 heteroatoms. The van der Waals surface area contributed by atoms with Gasteiger partial charge in [-0.05, 0) is 50.3 Å². The number of hydrogen-bond donors (Lipinski definition) is 3. The van der Waals surface area contributed by atoms with Crippen LogP contribution in [0.15, 0.2) is 34.3 Å². The van der Waals surface area contributed by atoms with Crippen LogP contribution in [0.4, 0.5) is 4.79 Å². The highest BCUT2D eigenvalue weighted by Gasteiger charge is 2.33. The number of rotatable bonds is 3. The van der Waals surface area contributed by atoms with Crippen LogP contribution >= 0.6 is 0 Å². The van der Waals surface area contributed by atoms with Gasteiger partial charge in [-0.3, -0.25) is 4.79 Å². The van der Waals surface area contributed by atoms with Gasteiger partial charge >= 0.3 is 12.0 Å². The third-order valence-electron chi connectivity index (χ3n) is 4.66. The van der Waals surface area contributed by atoms with Gasteiger partial charge in [0.1, 0.15) is 0 Å². The van der Waals surface area contributed by atoms with Crippen molar-refractivity contribution in [3.8, 4) is 0 Å². The molecule has 2 amide bonds. The molecule has 1 aliphatic heterocycles. The van der Waals surface area contributed by atoms with Crippen LogP contribution in [0.3, 0.4) is 0 Å². The number of benzene rings is 1. The molecule has 3 N–H and O–H groups in total. The Hall–Kier alpha value is -3.09. The first-order chi connectivity index (χ1) is 12.3. The van der Waals surface area contributed by atoms with Crippen molar-refractivity contribution in [2.45, 2.75) is 33.7 Å². The van der Waals surface area contributed by atoms with E-state index in [4.69, 9.17) is 4.74 Å². The second-order valence-corrected chi connectivity index (χ2v) is 6.32. The number of carbonyl (C=O) groups excluding carboxylic acids is 2. The van der Waals surface area contributed by atoms with Crippen LogP contribution in [0, 0.1) is 13.8 Å². The third-order valence-corrected chi connectivity index (χ3v) is 4.66. The number of ether oxygens (including phenoxy) is 1. The molecular formula is C19H21N3O4. The predicted molar refractivity (Wildman–Crippen MR) is 97.8 cm³/mol. The molecule has 26 heavy (non-hydrogen) atoms. The maximum absolute atomic E-state index is 12.7. The van der Waals surface area contributed by atoms with E-state index in [9.17, 15) is 14.4 Å². The molecule has 3 rings (SSSR count). The quantitative estimate of drug-likeness (QED) is 0.736. The Balaban J connectivity index is 2.20. The lowest BCUT2D eigenvalue weighted by atomic mass is 9.94.